The first-order valence-electron chi connectivity index (χ1n) is 6.94. The Balaban J connectivity index is 2.28. The average molecular weight is 257 g/mol. The van der Waals surface area contributed by atoms with Gasteiger partial charge in [-0.2, -0.15) is 5.26 Å². The summed E-state index contributed by atoms with van der Waals surface area (Å²) in [6.45, 7) is 8.49. The molecule has 0 aliphatic carbocycles. The molecule has 0 spiro atoms. The normalized spacial score (nSPS) is 24.3. The lowest BCUT2D eigenvalue weighted by Gasteiger charge is -2.44. The number of anilines is 1. The number of piperazine rings is 1. The van der Waals surface area contributed by atoms with Crippen LogP contribution in [-0.2, 0) is 0 Å². The lowest BCUT2D eigenvalue weighted by molar-refractivity contribution is 0.201. The molecule has 0 radical (unpaired) electrons. The fourth-order valence-electron chi connectivity index (χ4n) is 2.68. The third-order valence-corrected chi connectivity index (χ3v) is 4.30. The largest absolute Gasteiger partial charge is 0.365 e. The minimum Gasteiger partial charge on any atom is -0.365 e. The molecular weight excluding hydrogens is 234 g/mol. The first-order valence-corrected chi connectivity index (χ1v) is 6.94. The zero-order valence-corrected chi connectivity index (χ0v) is 12.3. The highest BCUT2D eigenvalue weighted by Crippen LogP contribution is 2.26. The molecule has 3 nitrogen and oxygen atoms in total. The van der Waals surface area contributed by atoms with E-state index < -0.39 is 0 Å². The second kappa shape index (κ2) is 5.63. The third-order valence-electron chi connectivity index (χ3n) is 4.30. The molecule has 0 amide bonds. The van der Waals surface area contributed by atoms with E-state index in [-0.39, 0.29) is 0 Å². The first-order chi connectivity index (χ1) is 9.02. The highest BCUT2D eigenvalue weighted by Gasteiger charge is 2.29. The van der Waals surface area contributed by atoms with Crippen LogP contribution in [0, 0.1) is 25.2 Å². The van der Waals surface area contributed by atoms with Crippen molar-refractivity contribution in [2.75, 3.05) is 25.0 Å². The lowest BCUT2D eigenvalue weighted by atomic mass is 10.0. The summed E-state index contributed by atoms with van der Waals surface area (Å²) < 4.78 is 0. The molecule has 2 rings (SSSR count). The van der Waals surface area contributed by atoms with Gasteiger partial charge in [-0.3, -0.25) is 4.90 Å². The summed E-state index contributed by atoms with van der Waals surface area (Å²) in [4.78, 5) is 4.75. The van der Waals surface area contributed by atoms with E-state index in [2.05, 4.69) is 61.9 Å². The fourth-order valence-corrected chi connectivity index (χ4v) is 2.68. The second-order valence-electron chi connectivity index (χ2n) is 5.73. The van der Waals surface area contributed by atoms with Gasteiger partial charge in [0.25, 0.3) is 0 Å². The van der Waals surface area contributed by atoms with Crippen LogP contribution in [0.5, 0.6) is 0 Å². The molecule has 0 N–H and O–H groups in total. The molecule has 1 aromatic rings. The maximum atomic E-state index is 9.04. The number of hydrogen-bond acceptors (Lipinski definition) is 3. The second-order valence-corrected chi connectivity index (χ2v) is 5.73. The zero-order valence-electron chi connectivity index (χ0n) is 12.3. The van der Waals surface area contributed by atoms with Gasteiger partial charge in [0.2, 0.25) is 0 Å². The summed E-state index contributed by atoms with van der Waals surface area (Å²) >= 11 is 0. The predicted molar refractivity (Wildman–Crippen MR) is 79.4 cm³/mol. The van der Waals surface area contributed by atoms with Crippen LogP contribution < -0.4 is 4.90 Å². The molecule has 1 aromatic carbocycles. The number of aryl methyl sites for hydroxylation is 2. The van der Waals surface area contributed by atoms with Gasteiger partial charge in [0.15, 0.2) is 0 Å². The van der Waals surface area contributed by atoms with Crippen molar-refractivity contribution in [3.63, 3.8) is 0 Å². The molecule has 1 aliphatic heterocycles. The van der Waals surface area contributed by atoms with Crippen LogP contribution in [-0.4, -0.2) is 37.1 Å². The summed E-state index contributed by atoms with van der Waals surface area (Å²) in [7, 11) is 2.15. The Morgan fingerprint density at radius 3 is 2.63 bits per heavy atom. The van der Waals surface area contributed by atoms with Crippen molar-refractivity contribution < 1.29 is 0 Å². The number of likely N-dealkylation sites (N-methyl/N-ethyl adjacent to an activating group) is 1. The van der Waals surface area contributed by atoms with Gasteiger partial charge < -0.3 is 4.90 Å². The van der Waals surface area contributed by atoms with E-state index in [4.69, 9.17) is 5.26 Å². The Bertz CT molecular complexity index is 489. The summed E-state index contributed by atoms with van der Waals surface area (Å²) in [6, 6.07) is 9.76. The Labute approximate surface area is 116 Å². The number of nitrogens with zero attached hydrogens (tertiary/aromatic N) is 3. The zero-order chi connectivity index (χ0) is 14.0. The van der Waals surface area contributed by atoms with Crippen molar-refractivity contribution in [2.45, 2.75) is 39.3 Å². The fraction of sp³-hybridized carbons (Fsp3) is 0.562. The van der Waals surface area contributed by atoms with E-state index in [9.17, 15) is 0 Å². The maximum Gasteiger partial charge on any atom is 0.0643 e. The van der Waals surface area contributed by atoms with E-state index >= 15 is 0 Å². The van der Waals surface area contributed by atoms with Crippen LogP contribution >= 0.6 is 0 Å². The van der Waals surface area contributed by atoms with Gasteiger partial charge in [0.1, 0.15) is 0 Å². The van der Waals surface area contributed by atoms with Crippen LogP contribution in [0.3, 0.4) is 0 Å². The molecule has 1 fully saturated rings. The van der Waals surface area contributed by atoms with E-state index in [1.54, 1.807) is 0 Å². The molecule has 19 heavy (non-hydrogen) atoms. The van der Waals surface area contributed by atoms with E-state index in [0.717, 1.165) is 13.1 Å². The van der Waals surface area contributed by atoms with Crippen LogP contribution in [0.4, 0.5) is 5.69 Å². The van der Waals surface area contributed by atoms with Crippen LogP contribution in [0.15, 0.2) is 18.2 Å². The van der Waals surface area contributed by atoms with Crippen molar-refractivity contribution in [2.24, 2.45) is 0 Å². The number of benzene rings is 1. The minimum absolute atomic E-state index is 0.299. The Hall–Kier alpha value is -1.53. The summed E-state index contributed by atoms with van der Waals surface area (Å²) in [5.41, 5.74) is 3.89. The standard InChI is InChI=1S/C16H23N3/c1-12-5-6-15(9-13(12)2)19-10-14(3)18(4)11-16(19)7-8-17/h5-6,9,14,16H,7,10-11H2,1-4H3. The number of rotatable bonds is 2. The number of hydrogen-bond donors (Lipinski definition) is 0. The summed E-state index contributed by atoms with van der Waals surface area (Å²) in [5, 5.41) is 9.04. The predicted octanol–water partition coefficient (Wildman–Crippen LogP) is 2.73. The smallest absolute Gasteiger partial charge is 0.0643 e. The van der Waals surface area contributed by atoms with E-state index in [1.165, 1.54) is 16.8 Å². The van der Waals surface area contributed by atoms with Crippen molar-refractivity contribution >= 4 is 5.69 Å². The molecule has 0 aromatic heterocycles. The van der Waals surface area contributed by atoms with Crippen LogP contribution in [0.25, 0.3) is 0 Å². The quantitative estimate of drug-likeness (QED) is 0.816. The van der Waals surface area contributed by atoms with E-state index in [1.807, 2.05) is 0 Å². The van der Waals surface area contributed by atoms with Gasteiger partial charge >= 0.3 is 0 Å². The van der Waals surface area contributed by atoms with Gasteiger partial charge in [-0.05, 0) is 51.1 Å². The Kier molecular flexibility index (Phi) is 4.11. The molecule has 1 saturated heterocycles. The summed E-state index contributed by atoms with van der Waals surface area (Å²) in [6.07, 6.45) is 0.587. The molecular formula is C16H23N3. The third kappa shape index (κ3) is 2.90. The van der Waals surface area contributed by atoms with Gasteiger partial charge in [0, 0.05) is 24.8 Å². The van der Waals surface area contributed by atoms with Crippen molar-refractivity contribution in [3.05, 3.63) is 29.3 Å². The van der Waals surface area contributed by atoms with Crippen LogP contribution in [0.1, 0.15) is 24.5 Å². The molecule has 1 aliphatic rings. The molecule has 1 heterocycles. The molecule has 2 atom stereocenters. The number of nitriles is 1. The Morgan fingerprint density at radius 2 is 2.00 bits per heavy atom. The minimum atomic E-state index is 0.299. The SMILES string of the molecule is Cc1ccc(N2CC(C)N(C)CC2CC#N)cc1C. The molecule has 3 heteroatoms. The highest BCUT2D eigenvalue weighted by atomic mass is 15.3. The molecule has 102 valence electrons. The average Bonchev–Trinajstić information content (AvgIpc) is 2.37. The van der Waals surface area contributed by atoms with Gasteiger partial charge in [-0.25, -0.2) is 0 Å². The van der Waals surface area contributed by atoms with Gasteiger partial charge in [-0.15, -0.1) is 0 Å². The highest BCUT2D eigenvalue weighted by molar-refractivity contribution is 5.52. The topological polar surface area (TPSA) is 30.3 Å². The lowest BCUT2D eigenvalue weighted by Crippen LogP contribution is -2.56. The molecule has 0 saturated carbocycles. The monoisotopic (exact) mass is 257 g/mol. The van der Waals surface area contributed by atoms with Gasteiger partial charge in [-0.1, -0.05) is 6.07 Å². The maximum absolute atomic E-state index is 9.04. The molecule has 0 bridgehead atoms. The summed E-state index contributed by atoms with van der Waals surface area (Å²) in [5.74, 6) is 0. The molecule has 2 unspecified atom stereocenters. The van der Waals surface area contributed by atoms with E-state index in [0.29, 0.717) is 18.5 Å². The van der Waals surface area contributed by atoms with Crippen LogP contribution in [0.2, 0.25) is 0 Å². The Morgan fingerprint density at radius 1 is 1.26 bits per heavy atom. The van der Waals surface area contributed by atoms with Crippen molar-refractivity contribution in [1.29, 1.82) is 5.26 Å². The first kappa shape index (κ1) is 13.9. The van der Waals surface area contributed by atoms with Crippen molar-refractivity contribution in [3.8, 4) is 6.07 Å². The van der Waals surface area contributed by atoms with Crippen molar-refractivity contribution in [1.82, 2.24) is 4.90 Å². The van der Waals surface area contributed by atoms with Gasteiger partial charge in [0.05, 0.1) is 18.5 Å².